The first-order chi connectivity index (χ1) is 28.2. The van der Waals surface area contributed by atoms with Crippen molar-refractivity contribution in [2.24, 2.45) is 9.98 Å². The Labute approximate surface area is 332 Å². The fourth-order valence-corrected chi connectivity index (χ4v) is 9.63. The summed E-state index contributed by atoms with van der Waals surface area (Å²) in [5.74, 6) is 0.614. The number of hydrogen-bond donors (Lipinski definition) is 0. The van der Waals surface area contributed by atoms with Crippen molar-refractivity contribution in [3.05, 3.63) is 239 Å². The van der Waals surface area contributed by atoms with Gasteiger partial charge in [0.15, 0.2) is 5.84 Å². The summed E-state index contributed by atoms with van der Waals surface area (Å²) in [5, 5.41) is 2.52. The number of fused-ring (bicyclic) bond motifs is 10. The van der Waals surface area contributed by atoms with E-state index in [1.54, 1.807) is 0 Å². The van der Waals surface area contributed by atoms with Crippen molar-refractivity contribution in [1.29, 1.82) is 0 Å². The van der Waals surface area contributed by atoms with Crippen LogP contribution in [0.4, 0.5) is 0 Å². The summed E-state index contributed by atoms with van der Waals surface area (Å²) < 4.78 is 2.38. The van der Waals surface area contributed by atoms with Crippen LogP contribution in [0.15, 0.2) is 216 Å². The zero-order valence-corrected chi connectivity index (χ0v) is 31.3. The number of para-hydroxylation sites is 2. The first-order valence-electron chi connectivity index (χ1n) is 19.6. The van der Waals surface area contributed by atoms with Gasteiger partial charge in [-0.05, 0) is 93.6 Å². The van der Waals surface area contributed by atoms with Crippen molar-refractivity contribution in [2.75, 3.05) is 0 Å². The molecule has 9 aromatic rings. The molecule has 8 aromatic carbocycles. The number of rotatable bonds is 6. The van der Waals surface area contributed by atoms with Crippen LogP contribution in [-0.2, 0) is 11.8 Å². The van der Waals surface area contributed by atoms with Crippen LogP contribution in [0.25, 0.3) is 55.4 Å². The fourth-order valence-electron chi connectivity index (χ4n) is 9.63. The maximum atomic E-state index is 5.50. The molecule has 57 heavy (non-hydrogen) atoms. The molecule has 0 N–H and O–H groups in total. The number of aromatic nitrogens is 1. The number of nitrogens with zero attached hydrogens (tertiary/aromatic N) is 3. The molecule has 0 saturated heterocycles. The van der Waals surface area contributed by atoms with Gasteiger partial charge in [-0.25, -0.2) is 9.98 Å². The van der Waals surface area contributed by atoms with Gasteiger partial charge in [-0.15, -0.1) is 0 Å². The van der Waals surface area contributed by atoms with Crippen LogP contribution in [0, 0.1) is 0 Å². The van der Waals surface area contributed by atoms with Crippen molar-refractivity contribution in [3.8, 4) is 27.9 Å². The molecule has 2 aliphatic carbocycles. The van der Waals surface area contributed by atoms with E-state index in [9.17, 15) is 0 Å². The lowest BCUT2D eigenvalue weighted by atomic mass is 9.68. The second kappa shape index (κ2) is 13.1. The standard InChI is InChI=1S/C54H37N3/c1-55-53(38-18-6-3-7-19-38)56-52-45-33-30-39(37-28-31-40(32-29-37)57-50-26-14-10-22-43(50)44-23-11-15-27-51(44)57)35-48(45)54(49(52)34-36-16-4-2-5-17-36)46-24-12-8-20-41(46)42-21-9-13-25-47(42)54/h2-33,35H,1,34H2/b56-53-. The molecule has 1 aromatic heterocycles. The van der Waals surface area contributed by atoms with E-state index < -0.39 is 5.41 Å². The van der Waals surface area contributed by atoms with E-state index in [1.165, 1.54) is 60.8 Å². The third kappa shape index (κ3) is 4.99. The van der Waals surface area contributed by atoms with Gasteiger partial charge >= 0.3 is 0 Å². The number of amidine groups is 1. The van der Waals surface area contributed by atoms with Crippen LogP contribution < -0.4 is 0 Å². The van der Waals surface area contributed by atoms with Crippen molar-refractivity contribution < 1.29 is 0 Å². The summed E-state index contributed by atoms with van der Waals surface area (Å²) in [6.07, 6.45) is 0.721. The van der Waals surface area contributed by atoms with E-state index in [-0.39, 0.29) is 0 Å². The third-order valence-corrected chi connectivity index (χ3v) is 12.0. The fraction of sp³-hybridized carbons (Fsp3) is 0.0370. The van der Waals surface area contributed by atoms with Crippen LogP contribution >= 0.6 is 0 Å². The van der Waals surface area contributed by atoms with Crippen molar-refractivity contribution in [2.45, 2.75) is 11.8 Å². The molecule has 1 spiro atoms. The first-order valence-corrected chi connectivity index (χ1v) is 19.6. The molecule has 11 rings (SSSR count). The quantitative estimate of drug-likeness (QED) is 0.121. The molecule has 3 nitrogen and oxygen atoms in total. The molecule has 0 fully saturated rings. The van der Waals surface area contributed by atoms with E-state index >= 15 is 0 Å². The smallest absolute Gasteiger partial charge is 0.159 e. The van der Waals surface area contributed by atoms with Gasteiger partial charge in [0, 0.05) is 27.6 Å². The number of benzene rings is 8. The Hall–Kier alpha value is -7.36. The van der Waals surface area contributed by atoms with Crippen molar-refractivity contribution >= 4 is 40.1 Å². The second-order valence-electron chi connectivity index (χ2n) is 15.0. The van der Waals surface area contributed by atoms with Crippen LogP contribution in [0.2, 0.25) is 0 Å². The maximum absolute atomic E-state index is 5.50. The number of aliphatic imine (C=N–C) groups is 2. The number of allylic oxidation sites excluding steroid dienone is 1. The van der Waals surface area contributed by atoms with Crippen molar-refractivity contribution in [3.63, 3.8) is 0 Å². The average molecular weight is 728 g/mol. The minimum Gasteiger partial charge on any atom is -0.309 e. The monoisotopic (exact) mass is 727 g/mol. The summed E-state index contributed by atoms with van der Waals surface area (Å²) >= 11 is 0. The molecule has 3 heteroatoms. The van der Waals surface area contributed by atoms with E-state index in [1.807, 2.05) is 18.2 Å². The summed E-state index contributed by atoms with van der Waals surface area (Å²) in [6.45, 7) is 4.01. The minimum absolute atomic E-state index is 0.570. The van der Waals surface area contributed by atoms with Crippen LogP contribution in [0.3, 0.4) is 0 Å². The van der Waals surface area contributed by atoms with Gasteiger partial charge in [0.25, 0.3) is 0 Å². The predicted molar refractivity (Wildman–Crippen MR) is 238 cm³/mol. The lowest BCUT2D eigenvalue weighted by Gasteiger charge is -2.33. The molecular weight excluding hydrogens is 691 g/mol. The molecule has 0 bridgehead atoms. The molecule has 0 unspecified atom stereocenters. The predicted octanol–water partition coefficient (Wildman–Crippen LogP) is 12.9. The Bertz CT molecular complexity index is 2990. The molecule has 2 aliphatic rings. The highest BCUT2D eigenvalue weighted by atomic mass is 15.0. The lowest BCUT2D eigenvalue weighted by molar-refractivity contribution is 0.740. The van der Waals surface area contributed by atoms with Crippen LogP contribution in [-0.4, -0.2) is 17.1 Å². The van der Waals surface area contributed by atoms with Crippen molar-refractivity contribution in [1.82, 2.24) is 4.57 Å². The zero-order chi connectivity index (χ0) is 37.9. The average Bonchev–Trinajstić information content (AvgIpc) is 3.87. The maximum Gasteiger partial charge on any atom is 0.159 e. The Kier molecular flexibility index (Phi) is 7.61. The highest BCUT2D eigenvalue weighted by Crippen LogP contribution is 2.63. The summed E-state index contributed by atoms with van der Waals surface area (Å²) in [7, 11) is 0. The highest BCUT2D eigenvalue weighted by molar-refractivity contribution is 6.09. The normalized spacial score (nSPS) is 13.9. The molecule has 0 radical (unpaired) electrons. The second-order valence-corrected chi connectivity index (χ2v) is 15.0. The Balaban J connectivity index is 1.15. The molecule has 268 valence electrons. The Morgan fingerprint density at radius 1 is 0.491 bits per heavy atom. The van der Waals surface area contributed by atoms with E-state index in [4.69, 9.17) is 4.99 Å². The summed E-state index contributed by atoms with van der Waals surface area (Å²) in [4.78, 5) is 10.0. The molecule has 1 heterocycles. The molecule has 0 atom stereocenters. The SMILES string of the molecule is C=N/C(=N\C1=C(Cc2ccccc2)C2(c3cc(-c4ccc(-n5c6ccccc6c6ccccc65)cc4)ccc31)c1ccccc1-c1ccccc12)c1ccccc1. The zero-order valence-electron chi connectivity index (χ0n) is 31.3. The van der Waals surface area contributed by atoms with Gasteiger partial charge in [-0.3, -0.25) is 0 Å². The Morgan fingerprint density at radius 2 is 1.04 bits per heavy atom. The van der Waals surface area contributed by atoms with Gasteiger partial charge in [0.1, 0.15) is 0 Å². The molecule has 0 amide bonds. The molecule has 0 aliphatic heterocycles. The minimum atomic E-state index is -0.570. The van der Waals surface area contributed by atoms with Gasteiger partial charge in [0.2, 0.25) is 0 Å². The van der Waals surface area contributed by atoms with Gasteiger partial charge in [0.05, 0.1) is 22.1 Å². The molecular formula is C54H37N3. The number of hydrogen-bond acceptors (Lipinski definition) is 1. The first kappa shape index (κ1) is 33.0. The summed E-state index contributed by atoms with van der Waals surface area (Å²) in [5.41, 5.74) is 17.2. The van der Waals surface area contributed by atoms with Crippen LogP contribution in [0.5, 0.6) is 0 Å². The topological polar surface area (TPSA) is 29.6 Å². The third-order valence-electron chi connectivity index (χ3n) is 12.0. The summed E-state index contributed by atoms with van der Waals surface area (Å²) in [6, 6.07) is 72.3. The van der Waals surface area contributed by atoms with E-state index in [0.29, 0.717) is 5.84 Å². The lowest BCUT2D eigenvalue weighted by Crippen LogP contribution is -2.28. The van der Waals surface area contributed by atoms with E-state index in [2.05, 4.69) is 198 Å². The van der Waals surface area contributed by atoms with E-state index in [0.717, 1.165) is 40.1 Å². The largest absolute Gasteiger partial charge is 0.309 e. The van der Waals surface area contributed by atoms with Gasteiger partial charge in [-0.2, -0.15) is 0 Å². The Morgan fingerprint density at radius 3 is 1.67 bits per heavy atom. The van der Waals surface area contributed by atoms with Gasteiger partial charge in [-0.1, -0.05) is 170 Å². The van der Waals surface area contributed by atoms with Crippen LogP contribution in [0.1, 0.15) is 33.4 Å². The molecule has 0 saturated carbocycles. The van der Waals surface area contributed by atoms with Gasteiger partial charge < -0.3 is 4.57 Å². The highest BCUT2D eigenvalue weighted by Gasteiger charge is 2.53.